The Morgan fingerprint density at radius 1 is 0.911 bits per heavy atom. The zero-order valence-electron chi connectivity index (χ0n) is 27.2. The van der Waals surface area contributed by atoms with Crippen LogP contribution in [0.4, 0.5) is 11.4 Å². The van der Waals surface area contributed by atoms with E-state index in [2.05, 4.69) is 24.5 Å². The molecule has 1 aliphatic carbocycles. The Hall–Kier alpha value is -4.17. The molecule has 4 atom stereocenters. The molecule has 240 valence electrons. The number of ether oxygens (including phenoxy) is 2. The van der Waals surface area contributed by atoms with E-state index in [0.29, 0.717) is 53.8 Å². The van der Waals surface area contributed by atoms with Gasteiger partial charge in [0.25, 0.3) is 0 Å². The van der Waals surface area contributed by atoms with Gasteiger partial charge in [0.05, 0.1) is 25.2 Å². The number of nitrogens with one attached hydrogen (secondary N) is 2. The van der Waals surface area contributed by atoms with E-state index in [-0.39, 0.29) is 6.42 Å². The molecule has 45 heavy (non-hydrogen) atoms. The van der Waals surface area contributed by atoms with Crippen LogP contribution in [0.3, 0.4) is 0 Å². The highest BCUT2D eigenvalue weighted by atomic mass is 16.5. The first-order chi connectivity index (χ1) is 21.5. The van der Waals surface area contributed by atoms with Crippen molar-refractivity contribution in [2.45, 2.75) is 71.8 Å². The van der Waals surface area contributed by atoms with Crippen LogP contribution < -0.4 is 20.1 Å². The van der Waals surface area contributed by atoms with Crippen LogP contribution in [0.5, 0.6) is 11.5 Å². The van der Waals surface area contributed by atoms with Crippen LogP contribution in [-0.4, -0.2) is 42.0 Å². The number of aryl methyl sites for hydroxylation is 2. The fraction of sp³-hybridized carbons (Fsp3) is 0.432. The summed E-state index contributed by atoms with van der Waals surface area (Å²) in [5, 5.41) is 17.7. The third-order valence-electron chi connectivity index (χ3n) is 8.67. The molecule has 1 aliphatic rings. The minimum Gasteiger partial charge on any atom is -0.493 e. The molecule has 0 aromatic heterocycles. The molecule has 0 radical (unpaired) electrons. The van der Waals surface area contributed by atoms with Gasteiger partial charge in [-0.25, -0.2) is 0 Å². The number of aliphatic hydroxyl groups is 1. The van der Waals surface area contributed by atoms with Gasteiger partial charge in [0, 0.05) is 23.7 Å². The fourth-order valence-corrected chi connectivity index (χ4v) is 6.23. The Morgan fingerprint density at radius 3 is 2.04 bits per heavy atom. The molecule has 4 rings (SSSR count). The average Bonchev–Trinajstić information content (AvgIpc) is 3.00. The Labute approximate surface area is 266 Å². The van der Waals surface area contributed by atoms with Crippen LogP contribution in [0.25, 0.3) is 0 Å². The first-order valence-corrected chi connectivity index (χ1v) is 15.8. The second-order valence-electron chi connectivity index (χ2n) is 12.4. The molecular weight excluding hydrogens is 568 g/mol. The first kappa shape index (κ1) is 33.7. The quantitative estimate of drug-likeness (QED) is 0.199. The monoisotopic (exact) mass is 614 g/mol. The number of anilines is 2. The Balaban J connectivity index is 1.81. The third-order valence-corrected chi connectivity index (χ3v) is 8.67. The summed E-state index contributed by atoms with van der Waals surface area (Å²) >= 11 is 0. The number of amides is 2. The zero-order chi connectivity index (χ0) is 32.7. The van der Waals surface area contributed by atoms with Gasteiger partial charge in [0.15, 0.2) is 11.5 Å². The van der Waals surface area contributed by atoms with Gasteiger partial charge in [-0.15, -0.1) is 0 Å². The second kappa shape index (κ2) is 14.7. The molecule has 0 saturated heterocycles. The lowest BCUT2D eigenvalue weighted by atomic mass is 9.61. The lowest BCUT2D eigenvalue weighted by Gasteiger charge is -2.44. The summed E-state index contributed by atoms with van der Waals surface area (Å²) in [6, 6.07) is 20.1. The van der Waals surface area contributed by atoms with E-state index >= 15 is 0 Å². The van der Waals surface area contributed by atoms with Gasteiger partial charge in [0.1, 0.15) is 11.7 Å². The summed E-state index contributed by atoms with van der Waals surface area (Å²) in [5.74, 6) is -3.43. The van der Waals surface area contributed by atoms with Gasteiger partial charge in [-0.05, 0) is 73.1 Å². The molecule has 0 spiro atoms. The number of Topliss-reactive ketones (excluding diaryl/α,β-unsaturated/α-hetero) is 1. The predicted molar refractivity (Wildman–Crippen MR) is 177 cm³/mol. The van der Waals surface area contributed by atoms with Crippen LogP contribution in [0, 0.1) is 17.8 Å². The van der Waals surface area contributed by atoms with E-state index in [0.717, 1.165) is 17.5 Å². The summed E-state index contributed by atoms with van der Waals surface area (Å²) in [6.07, 6.45) is 1.88. The number of methoxy groups -OCH3 is 1. The van der Waals surface area contributed by atoms with Gasteiger partial charge in [0.2, 0.25) is 11.8 Å². The molecule has 1 fully saturated rings. The zero-order valence-corrected chi connectivity index (χ0v) is 27.2. The largest absolute Gasteiger partial charge is 0.493 e. The van der Waals surface area contributed by atoms with Crippen molar-refractivity contribution in [3.63, 3.8) is 0 Å². The number of benzene rings is 3. The number of carbonyl (C=O) groups excluding carboxylic acids is 3. The number of rotatable bonds is 12. The van der Waals surface area contributed by atoms with Crippen LogP contribution in [0.1, 0.15) is 70.1 Å². The van der Waals surface area contributed by atoms with Crippen molar-refractivity contribution in [2.75, 3.05) is 24.4 Å². The molecule has 3 aromatic rings. The third kappa shape index (κ3) is 7.74. The summed E-state index contributed by atoms with van der Waals surface area (Å²) in [4.78, 5) is 42.1. The molecule has 0 bridgehead atoms. The van der Waals surface area contributed by atoms with Crippen molar-refractivity contribution >= 4 is 29.0 Å². The predicted octanol–water partition coefficient (Wildman–Crippen LogP) is 6.56. The first-order valence-electron chi connectivity index (χ1n) is 15.8. The topological polar surface area (TPSA) is 114 Å². The molecule has 3 aromatic carbocycles. The second-order valence-corrected chi connectivity index (χ2v) is 12.4. The lowest BCUT2D eigenvalue weighted by Crippen LogP contribution is -2.56. The summed E-state index contributed by atoms with van der Waals surface area (Å²) in [5.41, 5.74) is 1.88. The van der Waals surface area contributed by atoms with Crippen LogP contribution >= 0.6 is 0 Å². The number of hydrogen-bond acceptors (Lipinski definition) is 6. The Kier molecular flexibility index (Phi) is 11.0. The van der Waals surface area contributed by atoms with Crippen molar-refractivity contribution < 1.29 is 29.0 Å². The van der Waals surface area contributed by atoms with E-state index in [1.165, 1.54) is 14.0 Å². The molecule has 1 saturated carbocycles. The molecule has 8 heteroatoms. The minimum atomic E-state index is -1.73. The minimum absolute atomic E-state index is 0.349. The van der Waals surface area contributed by atoms with Crippen molar-refractivity contribution in [1.29, 1.82) is 0 Å². The number of carbonyl (C=O) groups is 3. The smallest absolute Gasteiger partial charge is 0.235 e. The molecule has 2 amide bonds. The highest BCUT2D eigenvalue weighted by Crippen LogP contribution is 2.48. The standard InChI is InChI=1S/C37H46N2O6/c1-7-24-13-9-11-15-27(24)38-35(41)33-29(40)22-37(5,43)34(36(42)39-28-16-12-10-14-25(28)8-2)32(33)26-17-18-30(31(21-26)44-6)45-20-19-23(3)4/h9-18,21,23,32-34,43H,7-8,19-20,22H2,1-6H3,(H,38,41)(H,39,42). The molecular formula is C37H46N2O6. The number of ketones is 1. The van der Waals surface area contributed by atoms with Crippen molar-refractivity contribution in [3.8, 4) is 11.5 Å². The molecule has 8 nitrogen and oxygen atoms in total. The molecule has 4 unspecified atom stereocenters. The highest BCUT2D eigenvalue weighted by molar-refractivity contribution is 6.10. The fourth-order valence-electron chi connectivity index (χ4n) is 6.23. The van der Waals surface area contributed by atoms with Gasteiger partial charge >= 0.3 is 0 Å². The van der Waals surface area contributed by atoms with E-state index in [1.54, 1.807) is 24.3 Å². The van der Waals surface area contributed by atoms with Gasteiger partial charge in [-0.1, -0.05) is 70.2 Å². The van der Waals surface area contributed by atoms with E-state index in [1.807, 2.05) is 56.3 Å². The van der Waals surface area contributed by atoms with E-state index in [9.17, 15) is 19.5 Å². The maximum Gasteiger partial charge on any atom is 0.235 e. The van der Waals surface area contributed by atoms with Crippen molar-refractivity contribution in [2.24, 2.45) is 17.8 Å². The summed E-state index contributed by atoms with van der Waals surface area (Å²) in [7, 11) is 1.52. The Morgan fingerprint density at radius 2 is 1.49 bits per heavy atom. The average molecular weight is 615 g/mol. The maximum absolute atomic E-state index is 14.2. The highest BCUT2D eigenvalue weighted by Gasteiger charge is 2.56. The van der Waals surface area contributed by atoms with E-state index in [4.69, 9.17) is 9.47 Å². The normalized spacial score (nSPS) is 21.3. The van der Waals surface area contributed by atoms with Crippen LogP contribution in [0.15, 0.2) is 66.7 Å². The van der Waals surface area contributed by atoms with Gasteiger partial charge < -0.3 is 25.2 Å². The van der Waals surface area contributed by atoms with Gasteiger partial charge in [-0.3, -0.25) is 14.4 Å². The number of hydrogen-bond donors (Lipinski definition) is 3. The molecule has 0 heterocycles. The van der Waals surface area contributed by atoms with Gasteiger partial charge in [-0.2, -0.15) is 0 Å². The van der Waals surface area contributed by atoms with Crippen molar-refractivity contribution in [3.05, 3.63) is 83.4 Å². The lowest BCUT2D eigenvalue weighted by molar-refractivity contribution is -0.150. The number of para-hydroxylation sites is 2. The summed E-state index contributed by atoms with van der Waals surface area (Å²) in [6.45, 7) is 10.2. The molecule has 3 N–H and O–H groups in total. The SMILES string of the molecule is CCc1ccccc1NC(=O)C1C(=O)CC(C)(O)C(C(=O)Nc2ccccc2CC)C1c1ccc(OCCC(C)C)c(OC)c1. The van der Waals surface area contributed by atoms with Crippen LogP contribution in [0.2, 0.25) is 0 Å². The maximum atomic E-state index is 14.2. The van der Waals surface area contributed by atoms with Crippen molar-refractivity contribution in [1.82, 2.24) is 0 Å². The summed E-state index contributed by atoms with van der Waals surface area (Å²) < 4.78 is 11.7. The van der Waals surface area contributed by atoms with Crippen LogP contribution in [-0.2, 0) is 27.2 Å². The van der Waals surface area contributed by atoms with E-state index < -0.39 is 41.0 Å². The Bertz CT molecular complexity index is 1510. The molecule has 0 aliphatic heterocycles.